The van der Waals surface area contributed by atoms with Crippen molar-refractivity contribution in [3.63, 3.8) is 0 Å². The maximum atomic E-state index is 13.4. The zero-order valence-corrected chi connectivity index (χ0v) is 16.8. The van der Waals surface area contributed by atoms with E-state index < -0.39 is 0 Å². The zero-order chi connectivity index (χ0) is 20.9. The highest BCUT2D eigenvalue weighted by molar-refractivity contribution is 5.94. The molecule has 1 aliphatic carbocycles. The third-order valence-corrected chi connectivity index (χ3v) is 5.80. The molecular formula is C23H26FN3O3. The summed E-state index contributed by atoms with van der Waals surface area (Å²) in [6, 6.07) is 9.66. The quantitative estimate of drug-likeness (QED) is 0.792. The summed E-state index contributed by atoms with van der Waals surface area (Å²) in [5.41, 5.74) is 1.72. The van der Waals surface area contributed by atoms with Crippen molar-refractivity contribution in [3.05, 3.63) is 54.0 Å². The molecule has 0 unspecified atom stereocenters. The van der Waals surface area contributed by atoms with Crippen LogP contribution in [0.4, 0.5) is 4.39 Å². The van der Waals surface area contributed by atoms with Crippen molar-refractivity contribution in [2.45, 2.75) is 44.2 Å². The smallest absolute Gasteiger partial charge is 0.253 e. The fraction of sp³-hybridized carbons (Fsp3) is 0.435. The number of ether oxygens (including phenoxy) is 1. The van der Waals surface area contributed by atoms with Gasteiger partial charge in [-0.15, -0.1) is 0 Å². The lowest BCUT2D eigenvalue weighted by Gasteiger charge is -2.29. The largest absolute Gasteiger partial charge is 0.379 e. The zero-order valence-electron chi connectivity index (χ0n) is 16.8. The van der Waals surface area contributed by atoms with Gasteiger partial charge in [0, 0.05) is 30.3 Å². The van der Waals surface area contributed by atoms with Crippen LogP contribution in [-0.2, 0) is 9.53 Å². The van der Waals surface area contributed by atoms with E-state index in [-0.39, 0.29) is 35.6 Å². The van der Waals surface area contributed by atoms with Gasteiger partial charge in [0.1, 0.15) is 5.82 Å². The lowest BCUT2D eigenvalue weighted by Crippen LogP contribution is -2.45. The molecular weight excluding hydrogens is 385 g/mol. The minimum atomic E-state index is -0.326. The van der Waals surface area contributed by atoms with Gasteiger partial charge in [0.15, 0.2) is 0 Å². The Labute approximate surface area is 175 Å². The van der Waals surface area contributed by atoms with Gasteiger partial charge in [0.25, 0.3) is 5.91 Å². The van der Waals surface area contributed by atoms with Gasteiger partial charge in [-0.1, -0.05) is 18.6 Å². The summed E-state index contributed by atoms with van der Waals surface area (Å²) in [5, 5.41) is 6.10. The number of pyridine rings is 1. The molecule has 1 aliphatic heterocycles. The summed E-state index contributed by atoms with van der Waals surface area (Å²) >= 11 is 0. The molecule has 6 nitrogen and oxygen atoms in total. The molecule has 4 rings (SSSR count). The van der Waals surface area contributed by atoms with Gasteiger partial charge < -0.3 is 15.4 Å². The number of nitrogens with one attached hydrogen (secondary N) is 2. The first-order chi connectivity index (χ1) is 14.6. The van der Waals surface area contributed by atoms with Crippen molar-refractivity contribution >= 4 is 11.8 Å². The third-order valence-electron chi connectivity index (χ3n) is 5.80. The molecule has 2 heterocycles. The Hall–Kier alpha value is -2.80. The number of amides is 2. The summed E-state index contributed by atoms with van der Waals surface area (Å²) < 4.78 is 18.7. The molecule has 3 atom stereocenters. The van der Waals surface area contributed by atoms with Crippen LogP contribution in [-0.4, -0.2) is 42.1 Å². The van der Waals surface area contributed by atoms with Crippen LogP contribution in [0.2, 0.25) is 0 Å². The Bertz CT molecular complexity index is 897. The molecule has 1 saturated heterocycles. The second-order valence-corrected chi connectivity index (χ2v) is 8.05. The third kappa shape index (κ3) is 5.02. The highest BCUT2D eigenvalue weighted by Gasteiger charge is 2.30. The van der Waals surface area contributed by atoms with Crippen molar-refractivity contribution < 1.29 is 18.7 Å². The Morgan fingerprint density at radius 1 is 1.07 bits per heavy atom. The molecule has 158 valence electrons. The van der Waals surface area contributed by atoms with E-state index in [1.807, 2.05) is 0 Å². The van der Waals surface area contributed by atoms with E-state index in [2.05, 4.69) is 15.6 Å². The number of rotatable bonds is 5. The lowest BCUT2D eigenvalue weighted by molar-refractivity contribution is -0.126. The Morgan fingerprint density at radius 2 is 1.97 bits per heavy atom. The molecule has 2 amide bonds. The first-order valence-electron chi connectivity index (χ1n) is 10.5. The van der Waals surface area contributed by atoms with Gasteiger partial charge in [0.05, 0.1) is 23.9 Å². The fourth-order valence-corrected chi connectivity index (χ4v) is 4.14. The Morgan fingerprint density at radius 3 is 2.70 bits per heavy atom. The SMILES string of the molecule is O=C(N[C@@H]1CCC[C@H](C(=O)N[C@@H]2CCOC2)C1)c1ccc(-c2cccc(F)c2)nc1. The summed E-state index contributed by atoms with van der Waals surface area (Å²) in [6.07, 6.45) is 5.60. The van der Waals surface area contributed by atoms with Crippen LogP contribution >= 0.6 is 0 Å². The van der Waals surface area contributed by atoms with Crippen molar-refractivity contribution in [1.82, 2.24) is 15.6 Å². The molecule has 0 bridgehead atoms. The highest BCUT2D eigenvalue weighted by atomic mass is 19.1. The fourth-order valence-electron chi connectivity index (χ4n) is 4.14. The maximum absolute atomic E-state index is 13.4. The van der Waals surface area contributed by atoms with Crippen LogP contribution in [0, 0.1) is 11.7 Å². The predicted octanol–water partition coefficient (Wildman–Crippen LogP) is 3.08. The van der Waals surface area contributed by atoms with E-state index in [9.17, 15) is 14.0 Å². The van der Waals surface area contributed by atoms with E-state index in [1.165, 1.54) is 18.3 Å². The average Bonchev–Trinajstić information content (AvgIpc) is 3.27. The Balaban J connectivity index is 1.33. The molecule has 2 aromatic rings. The van der Waals surface area contributed by atoms with Crippen molar-refractivity contribution in [2.75, 3.05) is 13.2 Å². The number of hydrogen-bond donors (Lipinski definition) is 2. The van der Waals surface area contributed by atoms with E-state index in [1.54, 1.807) is 24.3 Å². The van der Waals surface area contributed by atoms with Crippen LogP contribution in [0.1, 0.15) is 42.5 Å². The minimum absolute atomic E-state index is 0.0373. The predicted molar refractivity (Wildman–Crippen MR) is 110 cm³/mol. The summed E-state index contributed by atoms with van der Waals surface area (Å²) in [7, 11) is 0. The van der Waals surface area contributed by atoms with Gasteiger partial charge in [-0.2, -0.15) is 0 Å². The van der Waals surface area contributed by atoms with Crippen LogP contribution < -0.4 is 10.6 Å². The first-order valence-corrected chi connectivity index (χ1v) is 10.5. The number of carbonyl (C=O) groups is 2. The molecule has 2 aliphatic rings. The first kappa shape index (κ1) is 20.5. The van der Waals surface area contributed by atoms with Crippen LogP contribution in [0.3, 0.4) is 0 Å². The van der Waals surface area contributed by atoms with Crippen LogP contribution in [0.15, 0.2) is 42.6 Å². The molecule has 1 saturated carbocycles. The number of carbonyl (C=O) groups excluding carboxylic acids is 2. The van der Waals surface area contributed by atoms with Crippen LogP contribution in [0.5, 0.6) is 0 Å². The van der Waals surface area contributed by atoms with E-state index >= 15 is 0 Å². The number of hydrogen-bond acceptors (Lipinski definition) is 4. The molecule has 1 aromatic carbocycles. The molecule has 7 heteroatoms. The molecule has 1 aromatic heterocycles. The molecule has 0 spiro atoms. The number of aromatic nitrogens is 1. The normalized spacial score (nSPS) is 23.7. The van der Waals surface area contributed by atoms with Gasteiger partial charge in [-0.25, -0.2) is 4.39 Å². The van der Waals surface area contributed by atoms with Crippen LogP contribution in [0.25, 0.3) is 11.3 Å². The monoisotopic (exact) mass is 411 g/mol. The number of halogens is 1. The van der Waals surface area contributed by atoms with E-state index in [0.29, 0.717) is 36.5 Å². The molecule has 2 N–H and O–H groups in total. The second kappa shape index (κ2) is 9.34. The van der Waals surface area contributed by atoms with E-state index in [0.717, 1.165) is 25.7 Å². The minimum Gasteiger partial charge on any atom is -0.379 e. The summed E-state index contributed by atoms with van der Waals surface area (Å²) in [6.45, 7) is 1.28. The Kier molecular flexibility index (Phi) is 6.38. The summed E-state index contributed by atoms with van der Waals surface area (Å²) in [5.74, 6) is -0.556. The highest BCUT2D eigenvalue weighted by Crippen LogP contribution is 2.25. The maximum Gasteiger partial charge on any atom is 0.253 e. The number of benzene rings is 1. The van der Waals surface area contributed by atoms with Crippen molar-refractivity contribution in [3.8, 4) is 11.3 Å². The summed E-state index contributed by atoms with van der Waals surface area (Å²) in [4.78, 5) is 29.5. The molecule has 2 fully saturated rings. The topological polar surface area (TPSA) is 80.3 Å². The van der Waals surface area contributed by atoms with Crippen molar-refractivity contribution in [1.29, 1.82) is 0 Å². The average molecular weight is 411 g/mol. The lowest BCUT2D eigenvalue weighted by atomic mass is 9.85. The van der Waals surface area contributed by atoms with Gasteiger partial charge in [-0.3, -0.25) is 14.6 Å². The standard InChI is InChI=1S/C23H26FN3O3/c24-18-5-1-3-15(11-18)21-8-7-17(13-25-21)23(29)26-19-6-2-4-16(12-19)22(28)27-20-9-10-30-14-20/h1,3,5,7-8,11,13,16,19-20H,2,4,6,9-10,12,14H2,(H,26,29)(H,27,28)/t16-,19+,20+/m0/s1. The molecule has 0 radical (unpaired) electrons. The second-order valence-electron chi connectivity index (χ2n) is 8.05. The van der Waals surface area contributed by atoms with E-state index in [4.69, 9.17) is 4.74 Å². The van der Waals surface area contributed by atoms with Gasteiger partial charge in [0.2, 0.25) is 5.91 Å². The number of nitrogens with zero attached hydrogens (tertiary/aromatic N) is 1. The van der Waals surface area contributed by atoms with Crippen molar-refractivity contribution in [2.24, 2.45) is 5.92 Å². The molecule has 30 heavy (non-hydrogen) atoms. The van der Waals surface area contributed by atoms with Gasteiger partial charge in [-0.05, 0) is 49.9 Å². The van der Waals surface area contributed by atoms with Gasteiger partial charge >= 0.3 is 0 Å².